The lowest BCUT2D eigenvalue weighted by molar-refractivity contribution is -0.144. The number of aryl methyl sites for hydroxylation is 1. The molecule has 3 aromatic rings. The summed E-state index contributed by atoms with van der Waals surface area (Å²) in [6, 6.07) is 15.4. The molecule has 0 aliphatic rings. The molecule has 0 aliphatic heterocycles. The van der Waals surface area contributed by atoms with E-state index >= 15 is 0 Å². The minimum Gasteiger partial charge on any atom is -0.461 e. The van der Waals surface area contributed by atoms with Gasteiger partial charge in [-0.25, -0.2) is 0 Å². The van der Waals surface area contributed by atoms with Crippen molar-refractivity contribution in [3.05, 3.63) is 81.0 Å². The van der Waals surface area contributed by atoms with Gasteiger partial charge in [-0.3, -0.25) is 4.79 Å². The molecule has 0 amide bonds. The summed E-state index contributed by atoms with van der Waals surface area (Å²) in [6.07, 6.45) is 0.224. The van der Waals surface area contributed by atoms with Crippen LogP contribution in [0.1, 0.15) is 16.7 Å². The van der Waals surface area contributed by atoms with Crippen LogP contribution in [-0.2, 0) is 22.6 Å². The van der Waals surface area contributed by atoms with Gasteiger partial charge in [-0.05, 0) is 35.1 Å². The molecule has 0 fully saturated rings. The molecular weight excluding hydrogens is 354 g/mol. The number of anilines is 2. The Morgan fingerprint density at radius 3 is 2.68 bits per heavy atom. The van der Waals surface area contributed by atoms with Crippen LogP contribution in [0.15, 0.2) is 59.3 Å². The van der Waals surface area contributed by atoms with Crippen LogP contribution in [0.3, 0.4) is 0 Å². The molecule has 0 radical (unpaired) electrons. The van der Waals surface area contributed by atoms with E-state index in [9.17, 15) is 4.79 Å². The lowest BCUT2D eigenvalue weighted by Crippen LogP contribution is -2.08. The summed E-state index contributed by atoms with van der Waals surface area (Å²) in [5.74, 6) is -0.249. The van der Waals surface area contributed by atoms with Crippen LogP contribution in [0.5, 0.6) is 0 Å². The van der Waals surface area contributed by atoms with Crippen molar-refractivity contribution in [2.45, 2.75) is 20.0 Å². The van der Waals surface area contributed by atoms with Gasteiger partial charge in [-0.2, -0.15) is 0 Å². The van der Waals surface area contributed by atoms with Gasteiger partial charge in [0.2, 0.25) is 0 Å². The molecule has 3 rings (SSSR count). The first-order valence-corrected chi connectivity index (χ1v) is 9.22. The van der Waals surface area contributed by atoms with Gasteiger partial charge >= 0.3 is 5.97 Å². The van der Waals surface area contributed by atoms with Crippen molar-refractivity contribution in [2.24, 2.45) is 0 Å². The van der Waals surface area contributed by atoms with Crippen LogP contribution in [0, 0.1) is 6.92 Å². The Labute approximate surface area is 156 Å². The molecule has 5 heteroatoms. The number of halogens is 1. The number of rotatable bonds is 6. The molecule has 2 aromatic carbocycles. The summed E-state index contributed by atoms with van der Waals surface area (Å²) in [5.41, 5.74) is 4.68. The molecule has 0 aliphatic carbocycles. The molecule has 3 nitrogen and oxygen atoms in total. The molecule has 1 heterocycles. The van der Waals surface area contributed by atoms with E-state index in [2.05, 4.69) is 5.32 Å². The number of esters is 1. The molecule has 0 unspecified atom stereocenters. The van der Waals surface area contributed by atoms with Crippen LogP contribution in [-0.4, -0.2) is 5.97 Å². The molecule has 0 bridgehead atoms. The third-order valence-corrected chi connectivity index (χ3v) is 4.91. The van der Waals surface area contributed by atoms with Gasteiger partial charge in [-0.15, -0.1) is 11.3 Å². The number of benzene rings is 2. The second-order valence-corrected chi connectivity index (χ2v) is 6.84. The summed E-state index contributed by atoms with van der Waals surface area (Å²) >= 11 is 7.81. The van der Waals surface area contributed by atoms with Crippen molar-refractivity contribution < 1.29 is 9.53 Å². The zero-order valence-corrected chi connectivity index (χ0v) is 15.4. The zero-order chi connectivity index (χ0) is 17.6. The molecule has 0 atom stereocenters. The highest BCUT2D eigenvalue weighted by molar-refractivity contribution is 7.08. The zero-order valence-electron chi connectivity index (χ0n) is 13.8. The number of hydrogen-bond acceptors (Lipinski definition) is 4. The van der Waals surface area contributed by atoms with Crippen LogP contribution < -0.4 is 5.32 Å². The van der Waals surface area contributed by atoms with Gasteiger partial charge in [0.25, 0.3) is 0 Å². The first-order chi connectivity index (χ1) is 12.1. The van der Waals surface area contributed by atoms with Gasteiger partial charge in [0.05, 0.1) is 22.8 Å². The summed E-state index contributed by atoms with van der Waals surface area (Å²) in [4.78, 5) is 12.2. The highest BCUT2D eigenvalue weighted by Crippen LogP contribution is 2.32. The van der Waals surface area contributed by atoms with E-state index in [-0.39, 0.29) is 19.0 Å². The quantitative estimate of drug-likeness (QED) is 0.561. The third kappa shape index (κ3) is 4.62. The molecule has 0 saturated heterocycles. The van der Waals surface area contributed by atoms with Crippen molar-refractivity contribution >= 4 is 40.3 Å². The molecule has 25 heavy (non-hydrogen) atoms. The molecule has 128 valence electrons. The SMILES string of the molecule is Cc1cccc(Cl)c1Nc1cscc1CC(=O)OCc1ccccc1. The van der Waals surface area contributed by atoms with Gasteiger partial charge in [0, 0.05) is 5.38 Å². The van der Waals surface area contributed by atoms with Crippen LogP contribution in [0.25, 0.3) is 0 Å². The first-order valence-electron chi connectivity index (χ1n) is 7.90. The van der Waals surface area contributed by atoms with Crippen molar-refractivity contribution in [3.8, 4) is 0 Å². The van der Waals surface area contributed by atoms with E-state index in [1.54, 1.807) is 11.3 Å². The Morgan fingerprint density at radius 2 is 1.92 bits per heavy atom. The number of para-hydroxylation sites is 1. The summed E-state index contributed by atoms with van der Waals surface area (Å²) in [7, 11) is 0. The van der Waals surface area contributed by atoms with E-state index < -0.39 is 0 Å². The minimum absolute atomic E-state index is 0.224. The fraction of sp³-hybridized carbons (Fsp3) is 0.150. The van der Waals surface area contributed by atoms with Crippen LogP contribution in [0.2, 0.25) is 5.02 Å². The molecule has 1 N–H and O–H groups in total. The van der Waals surface area contributed by atoms with Gasteiger partial charge in [0.1, 0.15) is 6.61 Å². The average molecular weight is 372 g/mol. The maximum Gasteiger partial charge on any atom is 0.310 e. The van der Waals surface area contributed by atoms with Crippen LogP contribution in [0.4, 0.5) is 11.4 Å². The Bertz CT molecular complexity index is 841. The normalized spacial score (nSPS) is 10.5. The smallest absolute Gasteiger partial charge is 0.310 e. The Kier molecular flexibility index (Phi) is 5.74. The molecular formula is C20H18ClNO2S. The highest BCUT2D eigenvalue weighted by atomic mass is 35.5. The van der Waals surface area contributed by atoms with Gasteiger partial charge in [0.15, 0.2) is 0 Å². The van der Waals surface area contributed by atoms with E-state index in [1.807, 2.05) is 66.2 Å². The number of hydrogen-bond donors (Lipinski definition) is 1. The fourth-order valence-corrected chi connectivity index (χ4v) is 3.50. The monoisotopic (exact) mass is 371 g/mol. The lowest BCUT2D eigenvalue weighted by atomic mass is 10.1. The minimum atomic E-state index is -0.249. The highest BCUT2D eigenvalue weighted by Gasteiger charge is 2.13. The predicted octanol–water partition coefficient (Wildman–Crippen LogP) is 5.74. The number of carbonyl (C=O) groups excluding carboxylic acids is 1. The predicted molar refractivity (Wildman–Crippen MR) is 104 cm³/mol. The maximum absolute atomic E-state index is 12.2. The molecule has 0 spiro atoms. The Hall–Kier alpha value is -2.30. The van der Waals surface area contributed by atoms with Crippen molar-refractivity contribution in [1.29, 1.82) is 0 Å². The average Bonchev–Trinajstić information content (AvgIpc) is 3.04. The number of ether oxygens (including phenoxy) is 1. The largest absolute Gasteiger partial charge is 0.461 e. The number of thiophene rings is 1. The lowest BCUT2D eigenvalue weighted by Gasteiger charge is -2.12. The van der Waals surface area contributed by atoms with Crippen molar-refractivity contribution in [3.63, 3.8) is 0 Å². The summed E-state index contributed by atoms with van der Waals surface area (Å²) in [6.45, 7) is 2.28. The third-order valence-electron chi connectivity index (χ3n) is 3.80. The number of nitrogens with one attached hydrogen (secondary N) is 1. The van der Waals surface area contributed by atoms with E-state index in [0.29, 0.717) is 5.02 Å². The summed E-state index contributed by atoms with van der Waals surface area (Å²) < 4.78 is 5.37. The second-order valence-electron chi connectivity index (χ2n) is 5.69. The fourth-order valence-electron chi connectivity index (χ4n) is 2.44. The molecule has 1 aromatic heterocycles. The van der Waals surface area contributed by atoms with E-state index in [0.717, 1.165) is 28.1 Å². The van der Waals surface area contributed by atoms with Gasteiger partial charge in [-0.1, -0.05) is 54.1 Å². The van der Waals surface area contributed by atoms with Crippen molar-refractivity contribution in [1.82, 2.24) is 0 Å². The van der Waals surface area contributed by atoms with Crippen LogP contribution >= 0.6 is 22.9 Å². The number of carbonyl (C=O) groups is 1. The topological polar surface area (TPSA) is 38.3 Å². The first kappa shape index (κ1) is 17.5. The second kappa shape index (κ2) is 8.19. The maximum atomic E-state index is 12.2. The Balaban J connectivity index is 1.64. The van der Waals surface area contributed by atoms with E-state index in [1.165, 1.54) is 0 Å². The standard InChI is InChI=1S/C20H18ClNO2S/c1-14-6-5-9-17(21)20(14)22-18-13-25-12-16(18)10-19(23)24-11-15-7-3-2-4-8-15/h2-9,12-13,22H,10-11H2,1H3. The Morgan fingerprint density at radius 1 is 1.12 bits per heavy atom. The molecule has 0 saturated carbocycles. The van der Waals surface area contributed by atoms with Gasteiger partial charge < -0.3 is 10.1 Å². The van der Waals surface area contributed by atoms with E-state index in [4.69, 9.17) is 16.3 Å². The van der Waals surface area contributed by atoms with Crippen molar-refractivity contribution in [2.75, 3.05) is 5.32 Å². The summed E-state index contributed by atoms with van der Waals surface area (Å²) in [5, 5.41) is 7.93.